The summed E-state index contributed by atoms with van der Waals surface area (Å²) in [6, 6.07) is 14.8. The van der Waals surface area contributed by atoms with E-state index in [1.165, 1.54) is 11.1 Å². The maximum atomic E-state index is 12.9. The minimum absolute atomic E-state index is 0.0818. The van der Waals surface area contributed by atoms with Crippen LogP contribution in [0.1, 0.15) is 35.6 Å². The van der Waals surface area contributed by atoms with Crippen molar-refractivity contribution in [1.82, 2.24) is 14.8 Å². The van der Waals surface area contributed by atoms with Gasteiger partial charge in [-0.15, -0.1) is 0 Å². The third-order valence-electron chi connectivity index (χ3n) is 6.02. The van der Waals surface area contributed by atoms with Crippen LogP contribution in [-0.4, -0.2) is 53.4 Å². The van der Waals surface area contributed by atoms with E-state index in [0.29, 0.717) is 11.9 Å². The smallest absolute Gasteiger partial charge is 0.230 e. The zero-order chi connectivity index (χ0) is 17.9. The molecule has 0 bridgehead atoms. The molecule has 1 aliphatic carbocycles. The van der Waals surface area contributed by atoms with E-state index >= 15 is 0 Å². The Labute approximate surface area is 155 Å². The summed E-state index contributed by atoms with van der Waals surface area (Å²) in [6.07, 6.45) is 5.90. The number of piperidine rings is 1. The van der Waals surface area contributed by atoms with Gasteiger partial charge in [-0.2, -0.15) is 0 Å². The molecule has 0 N–H and O–H groups in total. The summed E-state index contributed by atoms with van der Waals surface area (Å²) in [5.74, 6) is 0.383. The van der Waals surface area contributed by atoms with Gasteiger partial charge >= 0.3 is 0 Å². The quantitative estimate of drug-likeness (QED) is 0.833. The number of likely N-dealkylation sites (N-methyl/N-ethyl adjacent to an activating group) is 1. The van der Waals surface area contributed by atoms with E-state index in [1.807, 2.05) is 36.3 Å². The highest BCUT2D eigenvalue weighted by Crippen LogP contribution is 2.36. The van der Waals surface area contributed by atoms with E-state index < -0.39 is 0 Å². The fourth-order valence-corrected chi connectivity index (χ4v) is 4.25. The van der Waals surface area contributed by atoms with Crippen LogP contribution in [-0.2, 0) is 17.6 Å². The highest BCUT2D eigenvalue weighted by atomic mass is 16.2. The van der Waals surface area contributed by atoms with Crippen molar-refractivity contribution in [3.8, 4) is 0 Å². The van der Waals surface area contributed by atoms with Crippen molar-refractivity contribution in [3.63, 3.8) is 0 Å². The number of hydrogen-bond acceptors (Lipinski definition) is 3. The van der Waals surface area contributed by atoms with E-state index in [1.54, 1.807) is 0 Å². The standard InChI is InChI=1S/C22H27N3O/c1-24(22(26)21-16-17-6-2-3-8-20(17)21)19-10-14-25(15-11-19)13-9-18-7-4-5-12-23-18/h2-8,12,19,21H,9-11,13-16H2,1H3/t21-/m1/s1. The van der Waals surface area contributed by atoms with Crippen LogP contribution in [0.4, 0.5) is 0 Å². The lowest BCUT2D eigenvalue weighted by molar-refractivity contribution is -0.135. The Hall–Kier alpha value is -2.20. The highest BCUT2D eigenvalue weighted by Gasteiger charge is 2.36. The van der Waals surface area contributed by atoms with Crippen LogP contribution in [0, 0.1) is 0 Å². The predicted molar refractivity (Wildman–Crippen MR) is 103 cm³/mol. The molecule has 0 radical (unpaired) electrons. The van der Waals surface area contributed by atoms with Crippen LogP contribution in [0.5, 0.6) is 0 Å². The number of carbonyl (C=O) groups excluding carboxylic acids is 1. The number of amides is 1. The number of pyridine rings is 1. The van der Waals surface area contributed by atoms with Gasteiger partial charge in [-0.1, -0.05) is 30.3 Å². The minimum atomic E-state index is 0.0818. The SMILES string of the molecule is CN(C(=O)[C@@H]1Cc2ccccc21)C1CCN(CCc2ccccn2)CC1. The number of nitrogens with zero attached hydrogens (tertiary/aromatic N) is 3. The molecular weight excluding hydrogens is 322 g/mol. The lowest BCUT2D eigenvalue weighted by atomic mass is 9.76. The van der Waals surface area contributed by atoms with Crippen LogP contribution < -0.4 is 0 Å². The first-order chi connectivity index (χ1) is 12.7. The maximum absolute atomic E-state index is 12.9. The van der Waals surface area contributed by atoms with Gasteiger partial charge in [-0.25, -0.2) is 0 Å². The number of hydrogen-bond donors (Lipinski definition) is 0. The Bertz CT molecular complexity index is 753. The lowest BCUT2D eigenvalue weighted by Crippen LogP contribution is -2.48. The number of rotatable bonds is 5. The predicted octanol–water partition coefficient (Wildman–Crippen LogP) is 2.89. The number of benzene rings is 1. The molecule has 2 heterocycles. The second-order valence-corrected chi connectivity index (χ2v) is 7.55. The average Bonchev–Trinajstić information content (AvgIpc) is 2.68. The molecule has 4 nitrogen and oxygen atoms in total. The number of likely N-dealkylation sites (tertiary alicyclic amines) is 1. The molecule has 0 unspecified atom stereocenters. The van der Waals surface area contributed by atoms with Crippen LogP contribution in [0.15, 0.2) is 48.7 Å². The van der Waals surface area contributed by atoms with Crippen molar-refractivity contribution in [1.29, 1.82) is 0 Å². The van der Waals surface area contributed by atoms with Crippen molar-refractivity contribution in [2.45, 2.75) is 37.6 Å². The highest BCUT2D eigenvalue weighted by molar-refractivity contribution is 5.87. The van der Waals surface area contributed by atoms with Gasteiger partial charge in [0.1, 0.15) is 0 Å². The molecule has 26 heavy (non-hydrogen) atoms. The van der Waals surface area contributed by atoms with Crippen LogP contribution in [0.25, 0.3) is 0 Å². The number of carbonyl (C=O) groups is 1. The third-order valence-corrected chi connectivity index (χ3v) is 6.02. The Balaban J connectivity index is 1.26. The first kappa shape index (κ1) is 17.2. The van der Waals surface area contributed by atoms with Gasteiger partial charge in [-0.3, -0.25) is 9.78 Å². The summed E-state index contributed by atoms with van der Waals surface area (Å²) in [5, 5.41) is 0. The summed E-state index contributed by atoms with van der Waals surface area (Å²) in [5.41, 5.74) is 3.73. The first-order valence-electron chi connectivity index (χ1n) is 9.69. The molecule has 2 aromatic rings. The molecular formula is C22H27N3O. The molecule has 1 aliphatic heterocycles. The van der Waals surface area contributed by atoms with E-state index in [4.69, 9.17) is 0 Å². The normalized spacial score (nSPS) is 20.3. The molecule has 1 atom stereocenters. The van der Waals surface area contributed by atoms with Gasteiger partial charge in [0.25, 0.3) is 0 Å². The summed E-state index contributed by atoms with van der Waals surface area (Å²) >= 11 is 0. The number of fused-ring (bicyclic) bond motifs is 1. The second kappa shape index (κ2) is 7.58. The fraction of sp³-hybridized carbons (Fsp3) is 0.455. The molecule has 4 heteroatoms. The van der Waals surface area contributed by atoms with Gasteiger partial charge < -0.3 is 9.80 Å². The maximum Gasteiger partial charge on any atom is 0.230 e. The molecule has 1 aromatic carbocycles. The summed E-state index contributed by atoms with van der Waals surface area (Å²) < 4.78 is 0. The topological polar surface area (TPSA) is 36.4 Å². The second-order valence-electron chi connectivity index (χ2n) is 7.55. The largest absolute Gasteiger partial charge is 0.342 e. The minimum Gasteiger partial charge on any atom is -0.342 e. The monoisotopic (exact) mass is 349 g/mol. The molecule has 2 aliphatic rings. The van der Waals surface area contributed by atoms with Gasteiger partial charge in [0.15, 0.2) is 0 Å². The average molecular weight is 349 g/mol. The van der Waals surface area contributed by atoms with Crippen molar-refractivity contribution < 1.29 is 4.79 Å². The molecule has 0 spiro atoms. The molecule has 0 saturated carbocycles. The van der Waals surface area contributed by atoms with E-state index in [-0.39, 0.29) is 5.92 Å². The van der Waals surface area contributed by atoms with E-state index in [0.717, 1.165) is 51.0 Å². The Morgan fingerprint density at radius 3 is 2.65 bits per heavy atom. The lowest BCUT2D eigenvalue weighted by Gasteiger charge is -2.40. The summed E-state index contributed by atoms with van der Waals surface area (Å²) in [4.78, 5) is 21.8. The zero-order valence-electron chi connectivity index (χ0n) is 15.5. The van der Waals surface area contributed by atoms with Crippen LogP contribution in [0.3, 0.4) is 0 Å². The Kier molecular flexibility index (Phi) is 5.02. The van der Waals surface area contributed by atoms with Crippen molar-refractivity contribution in [2.75, 3.05) is 26.7 Å². The van der Waals surface area contributed by atoms with Crippen LogP contribution in [0.2, 0.25) is 0 Å². The van der Waals surface area contributed by atoms with Crippen LogP contribution >= 0.6 is 0 Å². The Morgan fingerprint density at radius 1 is 1.15 bits per heavy atom. The molecule has 1 aromatic heterocycles. The molecule has 1 saturated heterocycles. The zero-order valence-corrected chi connectivity index (χ0v) is 15.5. The van der Waals surface area contributed by atoms with Crippen molar-refractivity contribution >= 4 is 5.91 Å². The number of aromatic nitrogens is 1. The summed E-state index contributed by atoms with van der Waals surface area (Å²) in [7, 11) is 2.00. The van der Waals surface area contributed by atoms with Gasteiger partial charge in [-0.05, 0) is 42.5 Å². The third kappa shape index (κ3) is 3.51. The van der Waals surface area contributed by atoms with Crippen molar-refractivity contribution in [3.05, 3.63) is 65.5 Å². The van der Waals surface area contributed by atoms with Gasteiger partial charge in [0.2, 0.25) is 5.91 Å². The van der Waals surface area contributed by atoms with E-state index in [2.05, 4.69) is 34.1 Å². The molecule has 4 rings (SSSR count). The fourth-order valence-electron chi connectivity index (χ4n) is 4.25. The van der Waals surface area contributed by atoms with Gasteiger partial charge in [0.05, 0.1) is 5.92 Å². The molecule has 136 valence electrons. The summed E-state index contributed by atoms with van der Waals surface area (Å²) in [6.45, 7) is 3.18. The van der Waals surface area contributed by atoms with E-state index in [9.17, 15) is 4.79 Å². The first-order valence-corrected chi connectivity index (χ1v) is 9.69. The van der Waals surface area contributed by atoms with Gasteiger partial charge in [0, 0.05) is 51.0 Å². The molecule has 1 fully saturated rings. The molecule has 1 amide bonds. The van der Waals surface area contributed by atoms with Crippen molar-refractivity contribution in [2.24, 2.45) is 0 Å². The Morgan fingerprint density at radius 2 is 1.92 bits per heavy atom.